The van der Waals surface area contributed by atoms with Crippen LogP contribution >= 0.6 is 0 Å². The molecule has 0 unspecified atom stereocenters. The number of benzene rings is 1. The number of carbonyl (C=O) groups is 1. The Balaban J connectivity index is 1.32. The molecule has 0 saturated heterocycles. The number of nitriles is 1. The lowest BCUT2D eigenvalue weighted by Crippen LogP contribution is -2.41. The van der Waals surface area contributed by atoms with E-state index in [0.717, 1.165) is 93.3 Å². The summed E-state index contributed by atoms with van der Waals surface area (Å²) in [4.78, 5) is 25.3. The van der Waals surface area contributed by atoms with E-state index >= 15 is 0 Å². The zero-order chi connectivity index (χ0) is 27.9. The van der Waals surface area contributed by atoms with Gasteiger partial charge in [0.15, 0.2) is 11.4 Å². The van der Waals surface area contributed by atoms with Crippen LogP contribution in [-0.2, 0) is 4.79 Å². The molecule has 3 aliphatic rings. The van der Waals surface area contributed by atoms with Crippen LogP contribution in [0.5, 0.6) is 5.75 Å². The van der Waals surface area contributed by atoms with Gasteiger partial charge in [0.25, 0.3) is 0 Å². The smallest absolute Gasteiger partial charge is 0.230 e. The fraction of sp³-hybridized carbons (Fsp3) is 0.515. The van der Waals surface area contributed by atoms with Crippen LogP contribution in [0.15, 0.2) is 47.6 Å². The van der Waals surface area contributed by atoms with E-state index in [2.05, 4.69) is 33.1 Å². The van der Waals surface area contributed by atoms with Crippen molar-refractivity contribution in [2.24, 2.45) is 22.6 Å². The number of rotatable bonds is 9. The molecular weight excluding hydrogens is 498 g/mol. The number of allylic oxidation sites excluding steroid dienone is 1. The van der Waals surface area contributed by atoms with E-state index in [4.69, 9.17) is 10.5 Å². The molecule has 1 amide bonds. The zero-order valence-corrected chi connectivity index (χ0v) is 23.6. The van der Waals surface area contributed by atoms with Crippen molar-refractivity contribution in [1.82, 2.24) is 4.98 Å². The first-order valence-corrected chi connectivity index (χ1v) is 14.9. The van der Waals surface area contributed by atoms with E-state index in [1.54, 1.807) is 13.3 Å². The summed E-state index contributed by atoms with van der Waals surface area (Å²) in [6.45, 7) is 0.725. The molecule has 2 aromatic rings. The SMILES string of the molecule is COc1ccc(C2CCC(CN(C(=O)C3CCCCC3)c3cccc(C(C=NC4CC4)=CN)c3)CC2)nc1C#N. The molecule has 1 aromatic heterocycles. The topological polar surface area (TPSA) is 105 Å². The summed E-state index contributed by atoms with van der Waals surface area (Å²) in [6.07, 6.45) is 15.3. The first-order chi connectivity index (χ1) is 19.6. The van der Waals surface area contributed by atoms with Crippen LogP contribution in [-0.4, -0.2) is 36.8 Å². The zero-order valence-electron chi connectivity index (χ0n) is 23.6. The van der Waals surface area contributed by atoms with Gasteiger partial charge in [-0.3, -0.25) is 9.79 Å². The second kappa shape index (κ2) is 13.1. The van der Waals surface area contributed by atoms with Gasteiger partial charge in [-0.15, -0.1) is 0 Å². The molecule has 0 spiro atoms. The monoisotopic (exact) mass is 539 g/mol. The Labute approximate surface area is 238 Å². The maximum absolute atomic E-state index is 14.0. The van der Waals surface area contributed by atoms with Crippen molar-refractivity contribution in [2.75, 3.05) is 18.6 Å². The van der Waals surface area contributed by atoms with Gasteiger partial charge in [0.2, 0.25) is 5.91 Å². The van der Waals surface area contributed by atoms with E-state index in [1.807, 2.05) is 30.5 Å². The Hall–Kier alpha value is -3.66. The molecule has 3 aliphatic carbocycles. The number of carbonyl (C=O) groups excluding carboxylic acids is 1. The third-order valence-corrected chi connectivity index (χ3v) is 8.77. The van der Waals surface area contributed by atoms with Crippen molar-refractivity contribution >= 4 is 23.4 Å². The van der Waals surface area contributed by atoms with E-state index < -0.39 is 0 Å². The molecule has 0 bridgehead atoms. The highest BCUT2D eigenvalue weighted by molar-refractivity contribution is 6.10. The minimum atomic E-state index is 0.0996. The molecule has 0 aliphatic heterocycles. The van der Waals surface area contributed by atoms with Gasteiger partial charge < -0.3 is 15.4 Å². The molecule has 1 heterocycles. The normalized spacial score (nSPS) is 22.1. The van der Waals surface area contributed by atoms with Gasteiger partial charge in [0.05, 0.1) is 13.2 Å². The summed E-state index contributed by atoms with van der Waals surface area (Å²) in [5.74, 6) is 1.62. The van der Waals surface area contributed by atoms with Gasteiger partial charge in [-0.2, -0.15) is 5.26 Å². The highest BCUT2D eigenvalue weighted by Crippen LogP contribution is 2.38. The highest BCUT2D eigenvalue weighted by Gasteiger charge is 2.31. The van der Waals surface area contributed by atoms with Crippen molar-refractivity contribution in [1.29, 1.82) is 5.26 Å². The molecule has 0 atom stereocenters. The number of nitrogens with zero attached hydrogens (tertiary/aromatic N) is 4. The van der Waals surface area contributed by atoms with Crippen LogP contribution in [0, 0.1) is 23.2 Å². The molecule has 40 heavy (non-hydrogen) atoms. The number of hydrogen-bond donors (Lipinski definition) is 1. The summed E-state index contributed by atoms with van der Waals surface area (Å²) in [5, 5.41) is 9.46. The molecule has 5 rings (SSSR count). The highest BCUT2D eigenvalue weighted by atomic mass is 16.5. The van der Waals surface area contributed by atoms with Crippen molar-refractivity contribution in [3.63, 3.8) is 0 Å². The fourth-order valence-electron chi connectivity index (χ4n) is 6.20. The van der Waals surface area contributed by atoms with Crippen LogP contribution in [0.3, 0.4) is 0 Å². The van der Waals surface area contributed by atoms with Crippen LogP contribution < -0.4 is 15.4 Å². The largest absolute Gasteiger partial charge is 0.494 e. The van der Waals surface area contributed by atoms with Crippen LogP contribution in [0.2, 0.25) is 0 Å². The van der Waals surface area contributed by atoms with Crippen molar-refractivity contribution in [3.05, 3.63) is 59.5 Å². The number of hydrogen-bond acceptors (Lipinski definition) is 6. The molecule has 3 fully saturated rings. The number of aromatic nitrogens is 1. The van der Waals surface area contributed by atoms with Crippen LogP contribution in [0.4, 0.5) is 5.69 Å². The van der Waals surface area contributed by atoms with E-state index in [-0.39, 0.29) is 11.8 Å². The summed E-state index contributed by atoms with van der Waals surface area (Å²) in [6, 6.07) is 14.7. The Morgan fingerprint density at radius 3 is 2.55 bits per heavy atom. The molecule has 1 aromatic carbocycles. The third-order valence-electron chi connectivity index (χ3n) is 8.77. The maximum Gasteiger partial charge on any atom is 0.230 e. The first-order valence-electron chi connectivity index (χ1n) is 14.9. The molecule has 210 valence electrons. The molecular formula is C33H41N5O2. The fourth-order valence-corrected chi connectivity index (χ4v) is 6.20. The van der Waals surface area contributed by atoms with E-state index in [9.17, 15) is 10.1 Å². The standard InChI is InChI=1S/C33H41N5O2/c1-40-32-17-16-30(37-31(32)20-35)24-12-10-23(11-13-24)22-38(33(39)25-6-3-2-4-7-25)29-9-5-8-26(18-29)27(19-34)21-36-28-14-15-28/h5,8-9,16-19,21,23-25,28H,2-4,6-7,10-15,22,34H2,1H3. The molecule has 3 saturated carbocycles. The van der Waals surface area contributed by atoms with Gasteiger partial charge in [-0.25, -0.2) is 4.98 Å². The predicted octanol–water partition coefficient (Wildman–Crippen LogP) is 6.38. The lowest BCUT2D eigenvalue weighted by Gasteiger charge is -2.35. The number of ether oxygens (including phenoxy) is 1. The van der Waals surface area contributed by atoms with Gasteiger partial charge in [0, 0.05) is 47.7 Å². The van der Waals surface area contributed by atoms with Crippen LogP contribution in [0.25, 0.3) is 5.57 Å². The number of methoxy groups -OCH3 is 1. The number of nitrogens with two attached hydrogens (primary N) is 1. The lowest BCUT2D eigenvalue weighted by molar-refractivity contribution is -0.123. The van der Waals surface area contributed by atoms with Gasteiger partial charge >= 0.3 is 0 Å². The number of anilines is 1. The average molecular weight is 540 g/mol. The van der Waals surface area contributed by atoms with Crippen LogP contribution in [0.1, 0.15) is 93.5 Å². The van der Waals surface area contributed by atoms with Crippen molar-refractivity contribution in [2.45, 2.75) is 82.6 Å². The molecule has 0 radical (unpaired) electrons. The van der Waals surface area contributed by atoms with E-state index in [0.29, 0.717) is 29.3 Å². The summed E-state index contributed by atoms with van der Waals surface area (Å²) >= 11 is 0. The van der Waals surface area contributed by atoms with Crippen molar-refractivity contribution < 1.29 is 9.53 Å². The van der Waals surface area contributed by atoms with Gasteiger partial charge in [-0.05, 0) is 87.1 Å². The Morgan fingerprint density at radius 2 is 1.88 bits per heavy atom. The Morgan fingerprint density at radius 1 is 1.10 bits per heavy atom. The maximum atomic E-state index is 14.0. The quantitative estimate of drug-likeness (QED) is 0.372. The predicted molar refractivity (Wildman–Crippen MR) is 159 cm³/mol. The minimum Gasteiger partial charge on any atom is -0.494 e. The molecule has 7 heteroatoms. The van der Waals surface area contributed by atoms with Gasteiger partial charge in [-0.1, -0.05) is 31.4 Å². The Bertz CT molecular complexity index is 1280. The third kappa shape index (κ3) is 6.72. The summed E-state index contributed by atoms with van der Waals surface area (Å²) in [5.41, 5.74) is 10.1. The summed E-state index contributed by atoms with van der Waals surface area (Å²) < 4.78 is 5.27. The lowest BCUT2D eigenvalue weighted by atomic mass is 9.79. The second-order valence-electron chi connectivity index (χ2n) is 11.6. The molecule has 2 N–H and O–H groups in total. The number of pyridine rings is 1. The first kappa shape index (κ1) is 27.9. The Kier molecular flexibility index (Phi) is 9.15. The number of aliphatic imine (C=N–C) groups is 1. The summed E-state index contributed by atoms with van der Waals surface area (Å²) in [7, 11) is 1.56. The average Bonchev–Trinajstić information content (AvgIpc) is 3.85. The van der Waals surface area contributed by atoms with Crippen molar-refractivity contribution in [3.8, 4) is 11.8 Å². The van der Waals surface area contributed by atoms with E-state index in [1.165, 1.54) is 6.42 Å². The minimum absolute atomic E-state index is 0.0996. The second-order valence-corrected chi connectivity index (χ2v) is 11.6. The molecule has 7 nitrogen and oxygen atoms in total. The van der Waals surface area contributed by atoms with Gasteiger partial charge in [0.1, 0.15) is 6.07 Å². The number of amides is 1.